The average Bonchev–Trinajstić information content (AvgIpc) is 2.23. The molecule has 0 heterocycles. The van der Waals surface area contributed by atoms with Crippen molar-refractivity contribution in [3.05, 3.63) is 29.3 Å². The number of hydrogen-bond donors (Lipinski definition) is 2. The Balaban J connectivity index is 2.41. The van der Waals surface area contributed by atoms with Crippen LogP contribution in [-0.2, 0) is 0 Å². The van der Waals surface area contributed by atoms with Crippen molar-refractivity contribution in [2.24, 2.45) is 11.7 Å². The van der Waals surface area contributed by atoms with Crippen molar-refractivity contribution >= 4 is 5.69 Å². The molecule has 15 heavy (non-hydrogen) atoms. The summed E-state index contributed by atoms with van der Waals surface area (Å²) in [5.41, 5.74) is 9.46. The number of aryl methyl sites for hydroxylation is 2. The minimum absolute atomic E-state index is 0.601. The minimum atomic E-state index is 0.601. The Morgan fingerprint density at radius 3 is 2.60 bits per heavy atom. The highest BCUT2D eigenvalue weighted by molar-refractivity contribution is 5.47. The predicted octanol–water partition coefficient (Wildman–Crippen LogP) is 2.70. The quantitative estimate of drug-likeness (QED) is 0.777. The smallest absolute Gasteiger partial charge is 0.0342 e. The number of nitrogens with two attached hydrogens (primary N) is 1. The Labute approximate surface area is 92.9 Å². The molecule has 84 valence electrons. The molecule has 1 atom stereocenters. The molecule has 0 spiro atoms. The molecule has 0 amide bonds. The second-order valence-corrected chi connectivity index (χ2v) is 4.36. The van der Waals surface area contributed by atoms with Gasteiger partial charge in [-0.05, 0) is 56.0 Å². The van der Waals surface area contributed by atoms with Gasteiger partial charge in [0.1, 0.15) is 0 Å². The average molecular weight is 206 g/mol. The van der Waals surface area contributed by atoms with Crippen molar-refractivity contribution in [2.75, 3.05) is 18.4 Å². The fourth-order valence-electron chi connectivity index (χ4n) is 1.43. The third-order valence-corrected chi connectivity index (χ3v) is 2.88. The van der Waals surface area contributed by atoms with Gasteiger partial charge < -0.3 is 11.1 Å². The van der Waals surface area contributed by atoms with Crippen molar-refractivity contribution in [3.8, 4) is 0 Å². The van der Waals surface area contributed by atoms with E-state index in [1.165, 1.54) is 16.8 Å². The van der Waals surface area contributed by atoms with Crippen LogP contribution >= 0.6 is 0 Å². The number of anilines is 1. The van der Waals surface area contributed by atoms with Gasteiger partial charge in [-0.2, -0.15) is 0 Å². The SMILES string of the molecule is Cc1ccc(NCCC(C)CN)cc1C. The van der Waals surface area contributed by atoms with Gasteiger partial charge in [-0.3, -0.25) is 0 Å². The summed E-state index contributed by atoms with van der Waals surface area (Å²) in [5, 5.41) is 3.42. The Hall–Kier alpha value is -1.02. The summed E-state index contributed by atoms with van der Waals surface area (Å²) in [6.07, 6.45) is 1.13. The van der Waals surface area contributed by atoms with Crippen LogP contribution in [0.2, 0.25) is 0 Å². The molecule has 0 radical (unpaired) electrons. The summed E-state index contributed by atoms with van der Waals surface area (Å²) in [7, 11) is 0. The maximum absolute atomic E-state index is 5.57. The van der Waals surface area contributed by atoms with Crippen molar-refractivity contribution in [1.82, 2.24) is 0 Å². The molecule has 1 rings (SSSR count). The molecular weight excluding hydrogens is 184 g/mol. The molecule has 3 N–H and O–H groups in total. The highest BCUT2D eigenvalue weighted by Crippen LogP contribution is 2.14. The molecule has 2 nitrogen and oxygen atoms in total. The maximum atomic E-state index is 5.57. The number of hydrogen-bond acceptors (Lipinski definition) is 2. The zero-order chi connectivity index (χ0) is 11.3. The van der Waals surface area contributed by atoms with E-state index < -0.39 is 0 Å². The Morgan fingerprint density at radius 2 is 2.00 bits per heavy atom. The van der Waals surface area contributed by atoms with Gasteiger partial charge in [0.05, 0.1) is 0 Å². The zero-order valence-electron chi connectivity index (χ0n) is 10.0. The Morgan fingerprint density at radius 1 is 1.27 bits per heavy atom. The van der Waals surface area contributed by atoms with Gasteiger partial charge in [0.15, 0.2) is 0 Å². The molecule has 0 aromatic heterocycles. The fourth-order valence-corrected chi connectivity index (χ4v) is 1.43. The fraction of sp³-hybridized carbons (Fsp3) is 0.538. The van der Waals surface area contributed by atoms with Gasteiger partial charge >= 0.3 is 0 Å². The molecule has 0 fully saturated rings. The summed E-state index contributed by atoms with van der Waals surface area (Å²) in [6.45, 7) is 8.23. The molecule has 1 aromatic rings. The summed E-state index contributed by atoms with van der Waals surface area (Å²) in [5.74, 6) is 0.601. The second-order valence-electron chi connectivity index (χ2n) is 4.36. The van der Waals surface area contributed by atoms with E-state index in [1.807, 2.05) is 0 Å². The predicted molar refractivity (Wildman–Crippen MR) is 67.2 cm³/mol. The molecule has 0 saturated heterocycles. The topological polar surface area (TPSA) is 38.0 Å². The van der Waals surface area contributed by atoms with Crippen LogP contribution in [-0.4, -0.2) is 13.1 Å². The van der Waals surface area contributed by atoms with Crippen LogP contribution in [0.4, 0.5) is 5.69 Å². The molecule has 2 heteroatoms. The van der Waals surface area contributed by atoms with Crippen LogP contribution in [0.3, 0.4) is 0 Å². The lowest BCUT2D eigenvalue weighted by Gasteiger charge is -2.11. The first-order valence-corrected chi connectivity index (χ1v) is 5.64. The number of benzene rings is 1. The number of rotatable bonds is 5. The lowest BCUT2D eigenvalue weighted by atomic mass is 10.1. The molecule has 0 aliphatic carbocycles. The maximum Gasteiger partial charge on any atom is 0.0342 e. The van der Waals surface area contributed by atoms with Crippen LogP contribution in [0, 0.1) is 19.8 Å². The summed E-state index contributed by atoms with van der Waals surface area (Å²) in [6, 6.07) is 6.49. The summed E-state index contributed by atoms with van der Waals surface area (Å²) in [4.78, 5) is 0. The molecule has 0 saturated carbocycles. The van der Waals surface area contributed by atoms with Crippen LogP contribution < -0.4 is 11.1 Å². The van der Waals surface area contributed by atoms with E-state index in [0.29, 0.717) is 5.92 Å². The van der Waals surface area contributed by atoms with Crippen LogP contribution in [0.1, 0.15) is 24.5 Å². The molecule has 0 bridgehead atoms. The summed E-state index contributed by atoms with van der Waals surface area (Å²) >= 11 is 0. The first kappa shape index (κ1) is 12.1. The lowest BCUT2D eigenvalue weighted by Crippen LogP contribution is -2.14. The Bertz CT molecular complexity index is 307. The van der Waals surface area contributed by atoms with Crippen molar-refractivity contribution in [1.29, 1.82) is 0 Å². The van der Waals surface area contributed by atoms with Gasteiger partial charge in [-0.25, -0.2) is 0 Å². The minimum Gasteiger partial charge on any atom is -0.385 e. The normalized spacial score (nSPS) is 12.5. The van der Waals surface area contributed by atoms with Crippen LogP contribution in [0.15, 0.2) is 18.2 Å². The Kier molecular flexibility index (Phi) is 4.63. The van der Waals surface area contributed by atoms with E-state index in [9.17, 15) is 0 Å². The third-order valence-electron chi connectivity index (χ3n) is 2.88. The van der Waals surface area contributed by atoms with Gasteiger partial charge in [0.2, 0.25) is 0 Å². The monoisotopic (exact) mass is 206 g/mol. The lowest BCUT2D eigenvalue weighted by molar-refractivity contribution is 0.561. The van der Waals surface area contributed by atoms with E-state index in [0.717, 1.165) is 19.5 Å². The third kappa shape index (κ3) is 3.92. The first-order chi connectivity index (χ1) is 7.13. The van der Waals surface area contributed by atoms with Crippen molar-refractivity contribution in [3.63, 3.8) is 0 Å². The number of nitrogens with one attached hydrogen (secondary N) is 1. The van der Waals surface area contributed by atoms with E-state index in [4.69, 9.17) is 5.73 Å². The van der Waals surface area contributed by atoms with Gasteiger partial charge in [-0.1, -0.05) is 13.0 Å². The van der Waals surface area contributed by atoms with E-state index in [-0.39, 0.29) is 0 Å². The van der Waals surface area contributed by atoms with E-state index >= 15 is 0 Å². The van der Waals surface area contributed by atoms with Crippen molar-refractivity contribution < 1.29 is 0 Å². The molecular formula is C13H22N2. The highest BCUT2D eigenvalue weighted by Gasteiger charge is 1.99. The standard InChI is InChI=1S/C13H22N2/c1-10(9-14)6-7-15-13-5-4-11(2)12(3)8-13/h4-5,8,10,15H,6-7,9,14H2,1-3H3. The molecule has 1 unspecified atom stereocenters. The molecule has 1 aromatic carbocycles. The highest BCUT2D eigenvalue weighted by atomic mass is 14.9. The van der Waals surface area contributed by atoms with E-state index in [2.05, 4.69) is 44.3 Å². The van der Waals surface area contributed by atoms with Gasteiger partial charge in [-0.15, -0.1) is 0 Å². The van der Waals surface area contributed by atoms with E-state index in [1.54, 1.807) is 0 Å². The van der Waals surface area contributed by atoms with Crippen molar-refractivity contribution in [2.45, 2.75) is 27.2 Å². The molecule has 0 aliphatic heterocycles. The first-order valence-electron chi connectivity index (χ1n) is 5.64. The molecule has 0 aliphatic rings. The van der Waals surface area contributed by atoms with Crippen LogP contribution in [0.5, 0.6) is 0 Å². The summed E-state index contributed by atoms with van der Waals surface area (Å²) < 4.78 is 0. The second kappa shape index (κ2) is 5.76. The van der Waals surface area contributed by atoms with Gasteiger partial charge in [0.25, 0.3) is 0 Å². The largest absolute Gasteiger partial charge is 0.385 e. The van der Waals surface area contributed by atoms with Gasteiger partial charge in [0, 0.05) is 12.2 Å². The zero-order valence-corrected chi connectivity index (χ0v) is 10.0. The van der Waals surface area contributed by atoms with Crippen LogP contribution in [0.25, 0.3) is 0 Å².